The monoisotopic (exact) mass is 328 g/mol. The van der Waals surface area contributed by atoms with E-state index < -0.39 is 0 Å². The Hall–Kier alpha value is -0.760. The quantitative estimate of drug-likeness (QED) is 0.828. The van der Waals surface area contributed by atoms with Crippen molar-refractivity contribution < 1.29 is 0 Å². The molecule has 16 heavy (non-hydrogen) atoms. The van der Waals surface area contributed by atoms with Crippen LogP contribution in [0.4, 0.5) is 5.69 Å². The van der Waals surface area contributed by atoms with E-state index in [1.807, 2.05) is 6.07 Å². The fourth-order valence-electron chi connectivity index (χ4n) is 1.42. The molecule has 1 aromatic carbocycles. The lowest BCUT2D eigenvalue weighted by atomic mass is 9.88. The van der Waals surface area contributed by atoms with Crippen LogP contribution >= 0.6 is 22.6 Å². The maximum absolute atomic E-state index is 8.58. The first-order valence-corrected chi connectivity index (χ1v) is 6.48. The average molecular weight is 328 g/mol. The Morgan fingerprint density at radius 3 is 2.81 bits per heavy atom. The highest BCUT2D eigenvalue weighted by atomic mass is 127. The number of nitrogens with zero attached hydrogens (tertiary/aromatic N) is 1. The van der Waals surface area contributed by atoms with Crippen molar-refractivity contribution >= 4 is 28.3 Å². The van der Waals surface area contributed by atoms with Gasteiger partial charge in [-0.05, 0) is 52.6 Å². The van der Waals surface area contributed by atoms with Crippen LogP contribution in [0.3, 0.4) is 0 Å². The number of hydrogen-bond donors (Lipinski definition) is 1. The van der Waals surface area contributed by atoms with Crippen molar-refractivity contribution in [2.24, 2.45) is 5.41 Å². The van der Waals surface area contributed by atoms with Crippen LogP contribution in [0.1, 0.15) is 26.7 Å². The number of halogens is 1. The summed E-state index contributed by atoms with van der Waals surface area (Å²) in [6.45, 7) is 5.27. The molecule has 1 rings (SSSR count). The predicted octanol–water partition coefficient (Wildman–Crippen LogP) is 4.03. The zero-order valence-corrected chi connectivity index (χ0v) is 11.9. The first-order valence-electron chi connectivity index (χ1n) is 5.40. The molecule has 0 amide bonds. The Bertz CT molecular complexity index is 380. The van der Waals surface area contributed by atoms with Crippen molar-refractivity contribution in [3.63, 3.8) is 0 Å². The maximum Gasteiger partial charge on any atom is 0.0621 e. The Morgan fingerprint density at radius 2 is 2.19 bits per heavy atom. The molecule has 2 nitrogen and oxygen atoms in total. The van der Waals surface area contributed by atoms with Crippen molar-refractivity contribution in [1.29, 1.82) is 5.26 Å². The van der Waals surface area contributed by atoms with Gasteiger partial charge >= 0.3 is 0 Å². The molecule has 1 aromatic rings. The van der Waals surface area contributed by atoms with Crippen LogP contribution < -0.4 is 5.32 Å². The molecule has 0 aliphatic rings. The summed E-state index contributed by atoms with van der Waals surface area (Å²) in [6.07, 6.45) is 1.56. The van der Waals surface area contributed by atoms with E-state index in [1.54, 1.807) is 0 Å². The van der Waals surface area contributed by atoms with E-state index in [0.717, 1.165) is 18.7 Å². The van der Waals surface area contributed by atoms with E-state index in [4.69, 9.17) is 5.26 Å². The van der Waals surface area contributed by atoms with Gasteiger partial charge in [-0.2, -0.15) is 5.26 Å². The number of nitriles is 1. The fraction of sp³-hybridized carbons (Fsp3) is 0.462. The highest BCUT2D eigenvalue weighted by molar-refractivity contribution is 14.1. The van der Waals surface area contributed by atoms with Crippen LogP contribution in [-0.4, -0.2) is 6.54 Å². The lowest BCUT2D eigenvalue weighted by Crippen LogP contribution is -2.22. The summed E-state index contributed by atoms with van der Waals surface area (Å²) in [7, 11) is 0. The van der Waals surface area contributed by atoms with Crippen molar-refractivity contribution in [2.75, 3.05) is 11.9 Å². The van der Waals surface area contributed by atoms with Crippen LogP contribution in [0.2, 0.25) is 0 Å². The van der Waals surface area contributed by atoms with E-state index in [1.165, 1.54) is 3.57 Å². The van der Waals surface area contributed by atoms with Gasteiger partial charge in [0.05, 0.1) is 6.07 Å². The SMILES string of the molecule is CC(C)(CCC#N)CNc1cccc(I)c1. The third-order valence-corrected chi connectivity index (χ3v) is 3.18. The van der Waals surface area contributed by atoms with Crippen molar-refractivity contribution in [3.05, 3.63) is 27.8 Å². The molecular weight excluding hydrogens is 311 g/mol. The molecule has 0 radical (unpaired) electrons. The van der Waals surface area contributed by atoms with Gasteiger partial charge in [0.25, 0.3) is 0 Å². The smallest absolute Gasteiger partial charge is 0.0621 e. The third-order valence-electron chi connectivity index (χ3n) is 2.51. The minimum atomic E-state index is 0.164. The summed E-state index contributed by atoms with van der Waals surface area (Å²) in [5.41, 5.74) is 1.31. The number of anilines is 1. The molecular formula is C13H17IN2. The Morgan fingerprint density at radius 1 is 1.44 bits per heavy atom. The molecule has 0 spiro atoms. The topological polar surface area (TPSA) is 35.8 Å². The first-order chi connectivity index (χ1) is 7.53. The summed E-state index contributed by atoms with van der Waals surface area (Å²) in [5, 5.41) is 12.0. The van der Waals surface area contributed by atoms with Crippen molar-refractivity contribution in [3.8, 4) is 6.07 Å². The summed E-state index contributed by atoms with van der Waals surface area (Å²) in [5.74, 6) is 0. The zero-order valence-electron chi connectivity index (χ0n) is 9.76. The third kappa shape index (κ3) is 4.84. The molecule has 3 heteroatoms. The van der Waals surface area contributed by atoms with Gasteiger partial charge in [-0.25, -0.2) is 0 Å². The largest absolute Gasteiger partial charge is 0.384 e. The Balaban J connectivity index is 2.48. The second kappa shape index (κ2) is 6.09. The standard InChI is InChI=1S/C13H17IN2/c1-13(2,7-4-8-15)10-16-12-6-3-5-11(14)9-12/h3,5-6,9,16H,4,7,10H2,1-2H3. The normalized spacial score (nSPS) is 10.9. The van der Waals surface area contributed by atoms with Gasteiger partial charge in [0.1, 0.15) is 0 Å². The molecule has 1 N–H and O–H groups in total. The lowest BCUT2D eigenvalue weighted by molar-refractivity contribution is 0.364. The highest BCUT2D eigenvalue weighted by Gasteiger charge is 2.16. The van der Waals surface area contributed by atoms with Gasteiger partial charge in [0.15, 0.2) is 0 Å². The fourth-order valence-corrected chi connectivity index (χ4v) is 1.97. The number of rotatable bonds is 5. The molecule has 0 unspecified atom stereocenters. The van der Waals surface area contributed by atoms with Gasteiger partial charge < -0.3 is 5.32 Å². The lowest BCUT2D eigenvalue weighted by Gasteiger charge is -2.24. The highest BCUT2D eigenvalue weighted by Crippen LogP contribution is 2.23. The molecule has 0 fully saturated rings. The van der Waals surface area contributed by atoms with E-state index in [-0.39, 0.29) is 5.41 Å². The Labute approximate surface area is 111 Å². The molecule has 0 heterocycles. The van der Waals surface area contributed by atoms with E-state index in [2.05, 4.69) is 66.0 Å². The van der Waals surface area contributed by atoms with Gasteiger partial charge in [0.2, 0.25) is 0 Å². The maximum atomic E-state index is 8.58. The minimum absolute atomic E-state index is 0.164. The van der Waals surface area contributed by atoms with Crippen LogP contribution in [0.5, 0.6) is 0 Å². The molecule has 0 aromatic heterocycles. The number of benzene rings is 1. The van der Waals surface area contributed by atoms with Crippen molar-refractivity contribution in [1.82, 2.24) is 0 Å². The Kier molecular flexibility index (Phi) is 5.07. The van der Waals surface area contributed by atoms with Crippen LogP contribution in [0.15, 0.2) is 24.3 Å². The number of hydrogen-bond acceptors (Lipinski definition) is 2. The average Bonchev–Trinajstić information content (AvgIpc) is 2.24. The van der Waals surface area contributed by atoms with Gasteiger partial charge in [-0.3, -0.25) is 0 Å². The van der Waals surface area contributed by atoms with Crippen molar-refractivity contribution in [2.45, 2.75) is 26.7 Å². The summed E-state index contributed by atoms with van der Waals surface area (Å²) >= 11 is 2.31. The van der Waals surface area contributed by atoms with E-state index in [0.29, 0.717) is 6.42 Å². The second-order valence-corrected chi connectivity index (χ2v) is 5.93. The molecule has 0 saturated carbocycles. The predicted molar refractivity (Wildman–Crippen MR) is 76.3 cm³/mol. The molecule has 0 bridgehead atoms. The summed E-state index contributed by atoms with van der Waals surface area (Å²) < 4.78 is 1.23. The molecule has 0 aliphatic carbocycles. The van der Waals surface area contributed by atoms with E-state index in [9.17, 15) is 0 Å². The van der Waals surface area contributed by atoms with Gasteiger partial charge in [0, 0.05) is 22.2 Å². The van der Waals surface area contributed by atoms with Gasteiger partial charge in [-0.1, -0.05) is 19.9 Å². The summed E-state index contributed by atoms with van der Waals surface area (Å²) in [6, 6.07) is 10.5. The minimum Gasteiger partial charge on any atom is -0.384 e. The van der Waals surface area contributed by atoms with Crippen LogP contribution in [-0.2, 0) is 0 Å². The molecule has 0 atom stereocenters. The molecule has 86 valence electrons. The van der Waals surface area contributed by atoms with Crippen LogP contribution in [0.25, 0.3) is 0 Å². The first kappa shape index (κ1) is 13.3. The number of nitrogens with one attached hydrogen (secondary N) is 1. The zero-order chi connectivity index (χ0) is 12.0. The van der Waals surface area contributed by atoms with E-state index >= 15 is 0 Å². The molecule has 0 saturated heterocycles. The second-order valence-electron chi connectivity index (χ2n) is 4.69. The van der Waals surface area contributed by atoms with Gasteiger partial charge in [-0.15, -0.1) is 0 Å². The van der Waals surface area contributed by atoms with Crippen LogP contribution in [0, 0.1) is 20.3 Å². The molecule has 0 aliphatic heterocycles. The summed E-state index contributed by atoms with van der Waals surface area (Å²) in [4.78, 5) is 0.